The maximum atomic E-state index is 3.56. The second-order valence-corrected chi connectivity index (χ2v) is 3.65. The van der Waals surface area contributed by atoms with E-state index in [0.29, 0.717) is 6.04 Å². The summed E-state index contributed by atoms with van der Waals surface area (Å²) in [5.74, 6) is 0. The maximum absolute atomic E-state index is 3.56. The Hall–Kier alpha value is -0.980. The highest BCUT2D eigenvalue weighted by Crippen LogP contribution is 2.20. The number of hydrogen-bond acceptors (Lipinski definition) is 1. The van der Waals surface area contributed by atoms with Gasteiger partial charge < -0.3 is 5.32 Å². The topological polar surface area (TPSA) is 12.0 Å². The average molecular weight is 174 g/mol. The summed E-state index contributed by atoms with van der Waals surface area (Å²) in [5, 5.41) is 3.56. The zero-order valence-corrected chi connectivity index (χ0v) is 7.87. The van der Waals surface area contributed by atoms with Crippen molar-refractivity contribution in [2.24, 2.45) is 0 Å². The Kier molecular flexibility index (Phi) is 2.86. The normalized spacial score (nSPS) is 18.5. The highest BCUT2D eigenvalue weighted by Gasteiger charge is 2.12. The van der Waals surface area contributed by atoms with Gasteiger partial charge in [0.05, 0.1) is 0 Å². The van der Waals surface area contributed by atoms with Crippen molar-refractivity contribution in [3.05, 3.63) is 36.8 Å². The highest BCUT2D eigenvalue weighted by molar-refractivity contribution is 5.43. The van der Waals surface area contributed by atoms with Crippen molar-refractivity contribution in [1.82, 2.24) is 0 Å². The third-order valence-electron chi connectivity index (χ3n) is 2.58. The summed E-state index contributed by atoms with van der Waals surface area (Å²) in [6.07, 6.45) is 7.50. The van der Waals surface area contributed by atoms with E-state index >= 15 is 0 Å². The van der Waals surface area contributed by atoms with E-state index in [0.717, 1.165) is 0 Å². The molecule has 0 amide bonds. The van der Waals surface area contributed by atoms with Crippen molar-refractivity contribution in [2.75, 3.05) is 5.32 Å². The van der Waals surface area contributed by atoms with Crippen molar-refractivity contribution >= 4 is 5.69 Å². The number of para-hydroxylation sites is 1. The van der Waals surface area contributed by atoms with E-state index in [1.54, 1.807) is 0 Å². The molecule has 0 bridgehead atoms. The fourth-order valence-electron chi connectivity index (χ4n) is 1.84. The molecule has 1 radical (unpaired) electrons. The third-order valence-corrected chi connectivity index (χ3v) is 2.58. The summed E-state index contributed by atoms with van der Waals surface area (Å²) in [6.45, 7) is 0. The number of nitrogens with one attached hydrogen (secondary N) is 1. The smallest absolute Gasteiger partial charge is 0.0342 e. The highest BCUT2D eigenvalue weighted by atomic mass is 14.9. The second-order valence-electron chi connectivity index (χ2n) is 3.65. The lowest BCUT2D eigenvalue weighted by molar-refractivity contribution is 0.535. The van der Waals surface area contributed by atoms with E-state index in [1.165, 1.54) is 31.4 Å². The molecule has 0 saturated heterocycles. The monoisotopic (exact) mass is 174 g/mol. The van der Waals surface area contributed by atoms with Gasteiger partial charge in [0, 0.05) is 11.7 Å². The molecule has 0 atom stereocenters. The molecule has 1 nitrogen and oxygen atoms in total. The van der Waals surface area contributed by atoms with E-state index < -0.39 is 0 Å². The van der Waals surface area contributed by atoms with Crippen LogP contribution in [0.15, 0.2) is 30.3 Å². The van der Waals surface area contributed by atoms with Crippen LogP contribution in [0.25, 0.3) is 0 Å². The number of benzene rings is 1. The minimum atomic E-state index is 0.687. The Morgan fingerprint density at radius 2 is 1.69 bits per heavy atom. The van der Waals surface area contributed by atoms with Gasteiger partial charge in [0.2, 0.25) is 0 Å². The Morgan fingerprint density at radius 1 is 1.00 bits per heavy atom. The summed E-state index contributed by atoms with van der Waals surface area (Å²) in [4.78, 5) is 0. The minimum absolute atomic E-state index is 0.687. The van der Waals surface area contributed by atoms with Crippen LogP contribution in [-0.2, 0) is 0 Å². The molecule has 0 aliphatic heterocycles. The Balaban J connectivity index is 1.90. The van der Waals surface area contributed by atoms with Crippen molar-refractivity contribution in [1.29, 1.82) is 0 Å². The van der Waals surface area contributed by atoms with Gasteiger partial charge in [0.25, 0.3) is 0 Å². The molecule has 0 spiro atoms. The lowest BCUT2D eigenvalue weighted by Gasteiger charge is -2.23. The van der Waals surface area contributed by atoms with Gasteiger partial charge in [-0.2, -0.15) is 0 Å². The third kappa shape index (κ3) is 2.48. The lowest BCUT2D eigenvalue weighted by atomic mass is 9.95. The zero-order valence-electron chi connectivity index (χ0n) is 7.87. The summed E-state index contributed by atoms with van der Waals surface area (Å²) in [7, 11) is 0. The summed E-state index contributed by atoms with van der Waals surface area (Å²) in [6, 6.07) is 11.2. The maximum Gasteiger partial charge on any atom is 0.0342 e. The van der Waals surface area contributed by atoms with E-state index in [1.807, 2.05) is 0 Å². The zero-order chi connectivity index (χ0) is 8.93. The molecule has 1 aliphatic rings. The molecule has 1 fully saturated rings. The predicted octanol–water partition coefficient (Wildman–Crippen LogP) is 3.25. The van der Waals surface area contributed by atoms with Crippen LogP contribution < -0.4 is 5.32 Å². The largest absolute Gasteiger partial charge is 0.382 e. The van der Waals surface area contributed by atoms with Crippen LogP contribution in [-0.4, -0.2) is 6.04 Å². The quantitative estimate of drug-likeness (QED) is 0.725. The van der Waals surface area contributed by atoms with Crippen molar-refractivity contribution < 1.29 is 0 Å². The number of hydrogen-bond donors (Lipinski definition) is 1. The Bertz CT molecular complexity index is 237. The molecule has 0 aromatic heterocycles. The molecule has 1 N–H and O–H groups in total. The van der Waals surface area contributed by atoms with Crippen LogP contribution in [0, 0.1) is 6.42 Å². The minimum Gasteiger partial charge on any atom is -0.382 e. The second kappa shape index (κ2) is 4.31. The van der Waals surface area contributed by atoms with Crippen LogP contribution >= 0.6 is 0 Å². The molecular formula is C12H16N. The summed E-state index contributed by atoms with van der Waals surface area (Å²) in [5.41, 5.74) is 1.26. The standard InChI is InChI=1S/C12H16N/c1-3-7-11(8-4-1)13-12-9-5-2-6-10-12/h1-4,7-8,12-13H,5-6,9-10H2. The van der Waals surface area contributed by atoms with Crippen LogP contribution in [0.1, 0.15) is 25.7 Å². The van der Waals surface area contributed by atoms with Crippen LogP contribution in [0.3, 0.4) is 0 Å². The molecule has 2 rings (SSSR count). The fraction of sp³-hybridized carbons (Fsp3) is 0.417. The van der Waals surface area contributed by atoms with Gasteiger partial charge in [-0.15, -0.1) is 0 Å². The predicted molar refractivity (Wildman–Crippen MR) is 56.6 cm³/mol. The Morgan fingerprint density at radius 3 is 2.38 bits per heavy atom. The van der Waals surface area contributed by atoms with Crippen LogP contribution in [0.4, 0.5) is 5.69 Å². The first-order valence-corrected chi connectivity index (χ1v) is 5.08. The van der Waals surface area contributed by atoms with Gasteiger partial charge in [-0.05, 0) is 44.2 Å². The summed E-state index contributed by atoms with van der Waals surface area (Å²) < 4.78 is 0. The average Bonchev–Trinajstić information content (AvgIpc) is 2.21. The number of rotatable bonds is 2. The molecule has 69 valence electrons. The van der Waals surface area contributed by atoms with Crippen LogP contribution in [0.5, 0.6) is 0 Å². The first-order valence-electron chi connectivity index (χ1n) is 5.08. The van der Waals surface area contributed by atoms with Crippen LogP contribution in [0.2, 0.25) is 0 Å². The van der Waals surface area contributed by atoms with Crippen molar-refractivity contribution in [3.8, 4) is 0 Å². The molecule has 13 heavy (non-hydrogen) atoms. The van der Waals surface area contributed by atoms with Gasteiger partial charge in [0.15, 0.2) is 0 Å². The molecule has 0 heterocycles. The molecule has 1 aromatic carbocycles. The SMILES string of the molecule is [CH]1CCC(Nc2ccccc2)CC1. The molecule has 1 saturated carbocycles. The van der Waals surface area contributed by atoms with Crippen molar-refractivity contribution in [3.63, 3.8) is 0 Å². The van der Waals surface area contributed by atoms with E-state index in [-0.39, 0.29) is 0 Å². The fourth-order valence-corrected chi connectivity index (χ4v) is 1.84. The van der Waals surface area contributed by atoms with Gasteiger partial charge in [0.1, 0.15) is 0 Å². The number of anilines is 1. The van der Waals surface area contributed by atoms with E-state index in [2.05, 4.69) is 42.1 Å². The molecular weight excluding hydrogens is 158 g/mol. The molecule has 1 aliphatic carbocycles. The van der Waals surface area contributed by atoms with E-state index in [9.17, 15) is 0 Å². The Labute approximate surface area is 80.2 Å². The molecule has 1 aromatic rings. The van der Waals surface area contributed by atoms with Gasteiger partial charge >= 0.3 is 0 Å². The molecule has 0 unspecified atom stereocenters. The van der Waals surface area contributed by atoms with Gasteiger partial charge in [-0.3, -0.25) is 0 Å². The van der Waals surface area contributed by atoms with Crippen molar-refractivity contribution in [2.45, 2.75) is 31.7 Å². The first kappa shape index (κ1) is 8.61. The first-order chi connectivity index (χ1) is 6.45. The van der Waals surface area contributed by atoms with E-state index in [4.69, 9.17) is 0 Å². The summed E-state index contributed by atoms with van der Waals surface area (Å²) >= 11 is 0. The van der Waals surface area contributed by atoms with Gasteiger partial charge in [-0.25, -0.2) is 0 Å². The lowest BCUT2D eigenvalue weighted by Crippen LogP contribution is -2.22. The van der Waals surface area contributed by atoms with Gasteiger partial charge in [-0.1, -0.05) is 18.2 Å². The molecule has 1 heteroatoms.